The number of carbonyl (C=O) groups excluding carboxylic acids is 2. The third-order valence-electron chi connectivity index (χ3n) is 5.46. The van der Waals surface area contributed by atoms with Crippen LogP contribution in [-0.2, 0) is 9.59 Å². The van der Waals surface area contributed by atoms with Crippen LogP contribution in [0.15, 0.2) is 54.6 Å². The first-order chi connectivity index (χ1) is 13.9. The van der Waals surface area contributed by atoms with Gasteiger partial charge in [0.25, 0.3) is 5.91 Å². The van der Waals surface area contributed by atoms with Gasteiger partial charge in [-0.2, -0.15) is 0 Å². The molecule has 0 aliphatic heterocycles. The summed E-state index contributed by atoms with van der Waals surface area (Å²) in [7, 11) is 0. The van der Waals surface area contributed by atoms with Crippen LogP contribution >= 0.6 is 0 Å². The van der Waals surface area contributed by atoms with Gasteiger partial charge >= 0.3 is 5.97 Å². The zero-order valence-corrected chi connectivity index (χ0v) is 16.5. The Morgan fingerprint density at radius 2 is 1.62 bits per heavy atom. The molecule has 1 saturated carbocycles. The normalized spacial score (nSPS) is 16.0. The van der Waals surface area contributed by atoms with E-state index < -0.39 is 17.6 Å². The molecule has 1 atom stereocenters. The summed E-state index contributed by atoms with van der Waals surface area (Å²) in [6, 6.07) is 15.9. The molecule has 0 radical (unpaired) electrons. The van der Waals surface area contributed by atoms with Crippen molar-refractivity contribution in [3.63, 3.8) is 0 Å². The van der Waals surface area contributed by atoms with E-state index in [1.165, 1.54) is 0 Å². The molecule has 0 spiro atoms. The van der Waals surface area contributed by atoms with Crippen molar-refractivity contribution in [3.05, 3.63) is 71.3 Å². The number of aryl methyl sites for hydroxylation is 1. The molecule has 0 heterocycles. The van der Waals surface area contributed by atoms with Crippen LogP contribution in [0, 0.1) is 6.92 Å². The highest BCUT2D eigenvalue weighted by Crippen LogP contribution is 2.30. The summed E-state index contributed by atoms with van der Waals surface area (Å²) >= 11 is 0. The van der Waals surface area contributed by atoms with Crippen molar-refractivity contribution in [2.75, 3.05) is 0 Å². The molecular weight excluding hydrogens is 368 g/mol. The number of nitrogens with one attached hydrogen (secondary N) is 2. The second-order valence-electron chi connectivity index (χ2n) is 7.65. The Bertz CT molecular complexity index is 872. The quantitative estimate of drug-likeness (QED) is 0.671. The summed E-state index contributed by atoms with van der Waals surface area (Å²) < 4.78 is 0. The van der Waals surface area contributed by atoms with E-state index in [0.717, 1.165) is 24.0 Å². The molecule has 0 aromatic heterocycles. The Hall–Kier alpha value is -3.15. The van der Waals surface area contributed by atoms with E-state index >= 15 is 0 Å². The molecule has 3 N–H and O–H groups in total. The van der Waals surface area contributed by atoms with Crippen molar-refractivity contribution >= 4 is 17.8 Å². The van der Waals surface area contributed by atoms with Gasteiger partial charge in [0.05, 0.1) is 12.5 Å². The number of carbonyl (C=O) groups is 3. The van der Waals surface area contributed by atoms with E-state index in [1.54, 1.807) is 12.1 Å². The topological polar surface area (TPSA) is 95.5 Å². The minimum absolute atomic E-state index is 0.0311. The van der Waals surface area contributed by atoms with Crippen LogP contribution in [0.1, 0.15) is 59.6 Å². The Balaban J connectivity index is 1.75. The van der Waals surface area contributed by atoms with E-state index in [4.69, 9.17) is 0 Å². The first-order valence-corrected chi connectivity index (χ1v) is 9.86. The average molecular weight is 394 g/mol. The van der Waals surface area contributed by atoms with Crippen LogP contribution in [0.2, 0.25) is 0 Å². The lowest BCUT2D eigenvalue weighted by Gasteiger charge is -2.27. The van der Waals surface area contributed by atoms with Gasteiger partial charge in [-0.05, 0) is 37.5 Å². The maximum atomic E-state index is 12.7. The fourth-order valence-electron chi connectivity index (χ4n) is 3.76. The smallest absolute Gasteiger partial charge is 0.329 e. The molecule has 1 fully saturated rings. The van der Waals surface area contributed by atoms with Crippen LogP contribution in [0.25, 0.3) is 0 Å². The van der Waals surface area contributed by atoms with E-state index in [1.807, 2.05) is 49.4 Å². The number of aliphatic carboxylic acids is 1. The minimum atomic E-state index is -1.20. The van der Waals surface area contributed by atoms with Crippen molar-refractivity contribution < 1.29 is 19.5 Å². The number of benzene rings is 2. The highest BCUT2D eigenvalue weighted by atomic mass is 16.4. The third kappa shape index (κ3) is 5.02. The largest absolute Gasteiger partial charge is 0.480 e. The van der Waals surface area contributed by atoms with Crippen molar-refractivity contribution in [2.45, 2.75) is 50.6 Å². The molecule has 1 aliphatic carbocycles. The maximum absolute atomic E-state index is 12.7. The third-order valence-corrected chi connectivity index (χ3v) is 5.46. The first-order valence-electron chi connectivity index (χ1n) is 9.86. The van der Waals surface area contributed by atoms with Gasteiger partial charge < -0.3 is 15.7 Å². The SMILES string of the molecule is Cc1ccc(C(=O)NC(CC(=O)NC2(C(=O)O)CCCC2)c2ccccc2)cc1. The minimum Gasteiger partial charge on any atom is -0.480 e. The number of hydrogen-bond donors (Lipinski definition) is 3. The van der Waals surface area contributed by atoms with Gasteiger partial charge in [-0.1, -0.05) is 60.9 Å². The zero-order chi connectivity index (χ0) is 20.9. The summed E-state index contributed by atoms with van der Waals surface area (Å²) in [5, 5.41) is 15.2. The van der Waals surface area contributed by atoms with Crippen molar-refractivity contribution in [1.82, 2.24) is 10.6 Å². The summed E-state index contributed by atoms with van der Waals surface area (Å²) in [6.45, 7) is 1.94. The molecule has 1 unspecified atom stereocenters. The molecule has 2 aromatic carbocycles. The molecule has 0 saturated heterocycles. The van der Waals surface area contributed by atoms with Gasteiger partial charge in [-0.3, -0.25) is 9.59 Å². The first kappa shape index (κ1) is 20.6. The molecule has 2 aromatic rings. The lowest BCUT2D eigenvalue weighted by Crippen LogP contribution is -2.53. The fraction of sp³-hybridized carbons (Fsp3) is 0.348. The van der Waals surface area contributed by atoms with Crippen LogP contribution in [-0.4, -0.2) is 28.4 Å². The highest BCUT2D eigenvalue weighted by Gasteiger charge is 2.42. The van der Waals surface area contributed by atoms with Crippen molar-refractivity contribution in [1.29, 1.82) is 0 Å². The monoisotopic (exact) mass is 394 g/mol. The number of amides is 2. The van der Waals surface area contributed by atoms with Crippen molar-refractivity contribution in [2.24, 2.45) is 0 Å². The van der Waals surface area contributed by atoms with Gasteiger partial charge in [0.2, 0.25) is 5.91 Å². The Morgan fingerprint density at radius 3 is 2.21 bits per heavy atom. The van der Waals surface area contributed by atoms with Crippen LogP contribution < -0.4 is 10.6 Å². The molecule has 2 amide bonds. The summed E-state index contributed by atoms with van der Waals surface area (Å²) in [5.41, 5.74) is 1.16. The van der Waals surface area contributed by atoms with Gasteiger partial charge in [0.1, 0.15) is 5.54 Å². The standard InChI is InChI=1S/C23H26N2O4/c1-16-9-11-18(12-10-16)21(27)24-19(17-7-3-2-4-8-17)15-20(26)25-23(22(28)29)13-5-6-14-23/h2-4,7-12,19H,5-6,13-15H2,1H3,(H,24,27)(H,25,26)(H,28,29). The molecule has 29 heavy (non-hydrogen) atoms. The van der Waals surface area contributed by atoms with Crippen LogP contribution in [0.4, 0.5) is 0 Å². The van der Waals surface area contributed by atoms with E-state index in [2.05, 4.69) is 10.6 Å². The average Bonchev–Trinajstić information content (AvgIpc) is 3.18. The number of rotatable bonds is 7. The fourth-order valence-corrected chi connectivity index (χ4v) is 3.76. The second kappa shape index (κ2) is 8.90. The van der Waals surface area contributed by atoms with Crippen LogP contribution in [0.5, 0.6) is 0 Å². The molecule has 6 nitrogen and oxygen atoms in total. The lowest BCUT2D eigenvalue weighted by atomic mass is 9.96. The molecule has 3 rings (SSSR count). The maximum Gasteiger partial charge on any atom is 0.329 e. The predicted octanol–water partition coefficient (Wildman–Crippen LogP) is 3.37. The Labute approximate surface area is 170 Å². The molecule has 152 valence electrons. The van der Waals surface area contributed by atoms with Gasteiger partial charge in [-0.25, -0.2) is 4.79 Å². The Morgan fingerprint density at radius 1 is 1.00 bits per heavy atom. The van der Waals surface area contributed by atoms with Gasteiger partial charge in [0, 0.05) is 5.56 Å². The van der Waals surface area contributed by atoms with Gasteiger partial charge in [-0.15, -0.1) is 0 Å². The Kier molecular flexibility index (Phi) is 6.32. The summed E-state index contributed by atoms with van der Waals surface area (Å²) in [6.07, 6.45) is 2.38. The molecule has 0 bridgehead atoms. The highest BCUT2D eigenvalue weighted by molar-refractivity contribution is 5.95. The van der Waals surface area contributed by atoms with E-state index in [9.17, 15) is 19.5 Å². The lowest BCUT2D eigenvalue weighted by molar-refractivity contribution is -0.147. The summed E-state index contributed by atoms with van der Waals surface area (Å²) in [5.74, 6) is -1.66. The van der Waals surface area contributed by atoms with Crippen molar-refractivity contribution in [3.8, 4) is 0 Å². The second-order valence-corrected chi connectivity index (χ2v) is 7.65. The van der Waals surface area contributed by atoms with Gasteiger partial charge in [0.15, 0.2) is 0 Å². The van der Waals surface area contributed by atoms with Crippen LogP contribution in [0.3, 0.4) is 0 Å². The summed E-state index contributed by atoms with van der Waals surface area (Å²) in [4.78, 5) is 37.1. The number of hydrogen-bond acceptors (Lipinski definition) is 3. The van der Waals surface area contributed by atoms with E-state index in [0.29, 0.717) is 18.4 Å². The molecule has 1 aliphatic rings. The number of carboxylic acid groups (broad SMARTS) is 1. The number of carboxylic acids is 1. The zero-order valence-electron chi connectivity index (χ0n) is 16.5. The predicted molar refractivity (Wildman–Crippen MR) is 109 cm³/mol. The molecular formula is C23H26N2O4. The molecule has 6 heteroatoms. The van der Waals surface area contributed by atoms with E-state index in [-0.39, 0.29) is 18.2 Å².